The fourth-order valence-corrected chi connectivity index (χ4v) is 3.37. The Bertz CT molecular complexity index is 1140. The Morgan fingerprint density at radius 3 is 2.25 bits per heavy atom. The average molecular weight is 372 g/mol. The van der Waals surface area contributed by atoms with Crippen LogP contribution < -0.4 is 0 Å². The van der Waals surface area contributed by atoms with Crippen LogP contribution in [0.25, 0.3) is 5.65 Å². The van der Waals surface area contributed by atoms with Crippen molar-refractivity contribution in [1.82, 2.24) is 14.4 Å². The topological polar surface area (TPSA) is 92.2 Å². The second kappa shape index (κ2) is 5.98. The first kappa shape index (κ1) is 16.6. The molecule has 0 fully saturated rings. The highest BCUT2D eigenvalue weighted by Gasteiger charge is 2.60. The van der Waals surface area contributed by atoms with Crippen molar-refractivity contribution < 1.29 is 14.9 Å². The minimum Gasteiger partial charge on any atom is -0.433 e. The number of aliphatic hydroxyl groups is 2. The molecule has 0 spiro atoms. The van der Waals surface area contributed by atoms with Gasteiger partial charge in [0.05, 0.1) is 6.20 Å². The Hall–Kier alpha value is -3.55. The quantitative estimate of drug-likeness (QED) is 0.575. The molecule has 0 amide bonds. The number of hydrogen-bond donors (Lipinski definition) is 2. The number of rotatable bonds is 3. The third-order valence-corrected chi connectivity index (χ3v) is 4.81. The van der Waals surface area contributed by atoms with Crippen molar-refractivity contribution in [2.75, 3.05) is 0 Å². The molecule has 5 rings (SSSR count). The monoisotopic (exact) mass is 372 g/mol. The van der Waals surface area contributed by atoms with E-state index >= 15 is 0 Å². The van der Waals surface area contributed by atoms with Crippen molar-refractivity contribution in [2.45, 2.75) is 11.5 Å². The maximum Gasteiger partial charge on any atom is 0.291 e. The minimum atomic E-state index is -2.11. The van der Waals surface area contributed by atoms with Gasteiger partial charge >= 0.3 is 0 Å². The molecule has 2 aromatic carbocycles. The van der Waals surface area contributed by atoms with Gasteiger partial charge in [-0.2, -0.15) is 0 Å². The zero-order valence-electron chi connectivity index (χ0n) is 14.7. The molecule has 138 valence electrons. The molecule has 7 nitrogen and oxygen atoms in total. The van der Waals surface area contributed by atoms with Gasteiger partial charge in [-0.1, -0.05) is 60.7 Å². The molecular weight excluding hydrogens is 356 g/mol. The molecule has 2 atom stereocenters. The van der Waals surface area contributed by atoms with Crippen LogP contribution in [0.4, 0.5) is 0 Å². The molecule has 7 heteroatoms. The summed E-state index contributed by atoms with van der Waals surface area (Å²) in [4.78, 5) is 12.9. The number of nitrogens with zero attached hydrogens (tertiary/aromatic N) is 4. The van der Waals surface area contributed by atoms with Crippen molar-refractivity contribution in [2.24, 2.45) is 4.99 Å². The zero-order valence-corrected chi connectivity index (χ0v) is 14.7. The van der Waals surface area contributed by atoms with E-state index in [2.05, 4.69) is 15.0 Å². The predicted molar refractivity (Wildman–Crippen MR) is 101 cm³/mol. The van der Waals surface area contributed by atoms with E-state index in [9.17, 15) is 10.2 Å². The molecule has 1 aliphatic rings. The van der Waals surface area contributed by atoms with Gasteiger partial charge in [0.25, 0.3) is 11.5 Å². The smallest absolute Gasteiger partial charge is 0.291 e. The minimum absolute atomic E-state index is 0.0430. The Morgan fingerprint density at radius 1 is 0.893 bits per heavy atom. The van der Waals surface area contributed by atoms with Crippen molar-refractivity contribution in [3.8, 4) is 0 Å². The van der Waals surface area contributed by atoms with Crippen LogP contribution in [0.2, 0.25) is 0 Å². The van der Waals surface area contributed by atoms with Crippen LogP contribution >= 0.6 is 0 Å². The lowest BCUT2D eigenvalue weighted by Crippen LogP contribution is -2.46. The molecule has 0 saturated heterocycles. The lowest BCUT2D eigenvalue weighted by Gasteiger charge is -2.34. The third kappa shape index (κ3) is 2.34. The van der Waals surface area contributed by atoms with Crippen LogP contribution in [0.5, 0.6) is 0 Å². The number of ether oxygens (including phenoxy) is 1. The van der Waals surface area contributed by atoms with E-state index in [1.807, 2.05) is 12.1 Å². The molecule has 0 saturated carbocycles. The second-order valence-electron chi connectivity index (χ2n) is 6.54. The summed E-state index contributed by atoms with van der Waals surface area (Å²) in [6, 6.07) is 17.4. The van der Waals surface area contributed by atoms with Crippen LogP contribution in [-0.2, 0) is 16.2 Å². The summed E-state index contributed by atoms with van der Waals surface area (Å²) in [6.07, 6.45) is 6.69. The Balaban J connectivity index is 1.69. The summed E-state index contributed by atoms with van der Waals surface area (Å²) in [5.41, 5.74) is -0.275. The third-order valence-electron chi connectivity index (χ3n) is 4.81. The molecule has 0 bridgehead atoms. The van der Waals surface area contributed by atoms with Gasteiger partial charge in [-0.15, -0.1) is 0 Å². The van der Waals surface area contributed by atoms with E-state index in [0.717, 1.165) is 0 Å². The van der Waals surface area contributed by atoms with E-state index < -0.39 is 11.5 Å². The SMILES string of the molecule is O[C@@]1(c2ccccc2)N=C(c2cn3ccncc3n2)O[C@]1(O)c1ccccc1. The maximum absolute atomic E-state index is 11.5. The first-order valence-corrected chi connectivity index (χ1v) is 8.74. The van der Waals surface area contributed by atoms with Crippen LogP contribution in [0.3, 0.4) is 0 Å². The summed E-state index contributed by atoms with van der Waals surface area (Å²) in [5.74, 6) is -2.07. The fourth-order valence-electron chi connectivity index (χ4n) is 3.37. The van der Waals surface area contributed by atoms with Gasteiger partial charge in [-0.05, 0) is 0 Å². The molecule has 0 radical (unpaired) electrons. The van der Waals surface area contributed by atoms with Crippen molar-refractivity contribution >= 4 is 11.5 Å². The number of aromatic nitrogens is 3. The average Bonchev–Trinajstić information content (AvgIpc) is 3.30. The lowest BCUT2D eigenvalue weighted by molar-refractivity contribution is -0.259. The number of imidazole rings is 1. The summed E-state index contributed by atoms with van der Waals surface area (Å²) >= 11 is 0. The standard InChI is InChI=1S/C21H16N4O3/c26-20(15-7-3-1-4-8-15)21(27,16-9-5-2-6-10-16)28-19(24-20)17-14-25-12-11-22-13-18(25)23-17/h1-14,26-27H/t20-,21-/m1/s1. The molecular formula is C21H16N4O3. The summed E-state index contributed by atoms with van der Waals surface area (Å²) in [7, 11) is 0. The second-order valence-corrected chi connectivity index (χ2v) is 6.54. The summed E-state index contributed by atoms with van der Waals surface area (Å²) in [6.45, 7) is 0. The van der Waals surface area contributed by atoms with E-state index in [-0.39, 0.29) is 5.90 Å². The molecule has 0 aliphatic carbocycles. The first-order chi connectivity index (χ1) is 13.6. The zero-order chi connectivity index (χ0) is 19.2. The lowest BCUT2D eigenvalue weighted by atomic mass is 9.89. The van der Waals surface area contributed by atoms with Gasteiger partial charge in [-0.3, -0.25) is 4.98 Å². The Morgan fingerprint density at radius 2 is 1.57 bits per heavy atom. The van der Waals surface area contributed by atoms with Crippen LogP contribution in [-0.4, -0.2) is 30.5 Å². The van der Waals surface area contributed by atoms with E-state index in [1.54, 1.807) is 77.7 Å². The van der Waals surface area contributed by atoms with Crippen LogP contribution in [0.15, 0.2) is 90.4 Å². The molecule has 28 heavy (non-hydrogen) atoms. The van der Waals surface area contributed by atoms with Gasteiger partial charge in [0.2, 0.25) is 5.90 Å². The number of benzene rings is 2. The van der Waals surface area contributed by atoms with E-state index in [0.29, 0.717) is 22.5 Å². The number of fused-ring (bicyclic) bond motifs is 1. The fraction of sp³-hybridized carbons (Fsp3) is 0.0952. The maximum atomic E-state index is 11.5. The largest absolute Gasteiger partial charge is 0.433 e. The molecule has 2 aromatic heterocycles. The number of aliphatic imine (C=N–C) groups is 1. The van der Waals surface area contributed by atoms with Crippen molar-refractivity contribution in [3.63, 3.8) is 0 Å². The Kier molecular flexibility index (Phi) is 3.55. The highest BCUT2D eigenvalue weighted by molar-refractivity contribution is 5.94. The molecule has 0 unspecified atom stereocenters. The van der Waals surface area contributed by atoms with E-state index in [1.165, 1.54) is 0 Å². The Labute approximate surface area is 160 Å². The normalized spacial score (nSPS) is 24.1. The molecule has 1 aliphatic heterocycles. The molecule has 2 N–H and O–H groups in total. The van der Waals surface area contributed by atoms with Gasteiger partial charge in [-0.25, -0.2) is 9.98 Å². The van der Waals surface area contributed by atoms with Gasteiger partial charge in [0.1, 0.15) is 5.69 Å². The highest BCUT2D eigenvalue weighted by atomic mass is 16.7. The number of hydrogen-bond acceptors (Lipinski definition) is 6. The molecule has 3 heterocycles. The van der Waals surface area contributed by atoms with Crippen molar-refractivity contribution in [1.29, 1.82) is 0 Å². The van der Waals surface area contributed by atoms with Gasteiger partial charge in [0.15, 0.2) is 5.65 Å². The van der Waals surface area contributed by atoms with Gasteiger partial charge < -0.3 is 19.4 Å². The van der Waals surface area contributed by atoms with E-state index in [4.69, 9.17) is 4.74 Å². The van der Waals surface area contributed by atoms with Crippen LogP contribution in [0, 0.1) is 0 Å². The highest BCUT2D eigenvalue weighted by Crippen LogP contribution is 2.47. The molecule has 4 aromatic rings. The summed E-state index contributed by atoms with van der Waals surface area (Å²) < 4.78 is 7.64. The van der Waals surface area contributed by atoms with Gasteiger partial charge in [0, 0.05) is 29.7 Å². The first-order valence-electron chi connectivity index (χ1n) is 8.74. The van der Waals surface area contributed by atoms with Crippen molar-refractivity contribution in [3.05, 3.63) is 102 Å². The predicted octanol–water partition coefficient (Wildman–Crippen LogP) is 2.20. The summed E-state index contributed by atoms with van der Waals surface area (Å²) in [5, 5.41) is 23.0. The van der Waals surface area contributed by atoms with Crippen LogP contribution in [0.1, 0.15) is 16.8 Å².